The molecule has 1 aliphatic carbocycles. The predicted octanol–water partition coefficient (Wildman–Crippen LogP) is 5.09. The molecule has 2 N–H and O–H groups in total. The van der Waals surface area contributed by atoms with Crippen LogP contribution >= 0.6 is 0 Å². The molecule has 1 aromatic carbocycles. The minimum absolute atomic E-state index is 0.168. The maximum Gasteiger partial charge on any atom is 0.224 e. The van der Waals surface area contributed by atoms with Crippen LogP contribution < -0.4 is 5.32 Å². The fourth-order valence-electron chi connectivity index (χ4n) is 5.70. The van der Waals surface area contributed by atoms with E-state index in [1.807, 2.05) is 6.20 Å². The molecular formula is C29H42N6O. The highest BCUT2D eigenvalue weighted by Gasteiger charge is 2.25. The van der Waals surface area contributed by atoms with E-state index < -0.39 is 0 Å². The Hall–Kier alpha value is -2.48. The van der Waals surface area contributed by atoms with Crippen LogP contribution in [0.4, 0.5) is 5.95 Å². The van der Waals surface area contributed by atoms with Crippen molar-refractivity contribution in [2.75, 3.05) is 45.1 Å². The van der Waals surface area contributed by atoms with E-state index in [0.717, 1.165) is 82.3 Å². The van der Waals surface area contributed by atoms with Gasteiger partial charge in [0, 0.05) is 68.2 Å². The second-order valence-electron chi connectivity index (χ2n) is 10.8. The summed E-state index contributed by atoms with van der Waals surface area (Å²) in [5, 5.41) is 14.6. The highest BCUT2D eigenvalue weighted by atomic mass is 16.3. The third-order valence-corrected chi connectivity index (χ3v) is 8.23. The average Bonchev–Trinajstić information content (AvgIpc) is 3.28. The minimum Gasteiger partial charge on any atom is -0.393 e. The van der Waals surface area contributed by atoms with Crippen molar-refractivity contribution < 1.29 is 5.11 Å². The molecule has 0 bridgehead atoms. The summed E-state index contributed by atoms with van der Waals surface area (Å²) in [6.45, 7) is 9.91. The molecule has 194 valence electrons. The van der Waals surface area contributed by atoms with Crippen molar-refractivity contribution in [1.82, 2.24) is 24.3 Å². The molecular weight excluding hydrogens is 448 g/mol. The maximum atomic E-state index is 10.1. The Bertz CT molecular complexity index is 1130. The molecule has 1 saturated heterocycles. The van der Waals surface area contributed by atoms with Gasteiger partial charge in [0.1, 0.15) is 5.65 Å². The molecule has 3 aromatic rings. The fraction of sp³-hybridized carbons (Fsp3) is 0.586. The SMILES string of the molecule is CCCCNc1ncc2c(-c3ccc([C@@H](C)N4CCN(C)CC4)cc3)cn(C3CCC(O)CC3)c2n1. The number of fused-ring (bicyclic) bond motifs is 1. The number of aliphatic hydroxyl groups is 1. The molecule has 1 aliphatic heterocycles. The second kappa shape index (κ2) is 11.3. The summed E-state index contributed by atoms with van der Waals surface area (Å²) < 4.78 is 2.35. The number of hydrogen-bond donors (Lipinski definition) is 2. The van der Waals surface area contributed by atoms with Crippen LogP contribution in [0.2, 0.25) is 0 Å². The zero-order valence-electron chi connectivity index (χ0n) is 22.2. The third kappa shape index (κ3) is 5.43. The first-order valence-electron chi connectivity index (χ1n) is 13.9. The molecule has 5 rings (SSSR count). The summed E-state index contributed by atoms with van der Waals surface area (Å²) in [4.78, 5) is 14.6. The van der Waals surface area contributed by atoms with E-state index in [0.29, 0.717) is 18.0 Å². The van der Waals surface area contributed by atoms with E-state index in [1.165, 1.54) is 16.7 Å². The molecule has 36 heavy (non-hydrogen) atoms. The Morgan fingerprint density at radius 2 is 1.78 bits per heavy atom. The standard InChI is InChI=1S/C29H42N6O/c1-4-5-14-30-29-31-19-26-27(20-35(28(26)32-29)24-10-12-25(36)13-11-24)23-8-6-22(7-9-23)21(2)34-17-15-33(3)16-18-34/h6-9,19-21,24-25,36H,4-5,10-18H2,1-3H3,(H,30,31,32)/t21-,24?,25?/m1/s1. The normalized spacial score (nSPS) is 22.7. The van der Waals surface area contributed by atoms with Crippen LogP contribution in [0.5, 0.6) is 0 Å². The summed E-state index contributed by atoms with van der Waals surface area (Å²) in [5.41, 5.74) is 4.76. The lowest BCUT2D eigenvalue weighted by Gasteiger charge is -2.36. The minimum atomic E-state index is -0.168. The number of unbranched alkanes of at least 4 members (excludes halogenated alkanes) is 1. The molecule has 0 spiro atoms. The van der Waals surface area contributed by atoms with Gasteiger partial charge in [-0.2, -0.15) is 4.98 Å². The molecule has 2 aromatic heterocycles. The topological polar surface area (TPSA) is 69.5 Å². The summed E-state index contributed by atoms with van der Waals surface area (Å²) in [6, 6.07) is 9.89. The van der Waals surface area contributed by atoms with Crippen molar-refractivity contribution in [3.8, 4) is 11.1 Å². The number of nitrogens with zero attached hydrogens (tertiary/aromatic N) is 5. The van der Waals surface area contributed by atoms with Gasteiger partial charge in [0.2, 0.25) is 5.95 Å². The fourth-order valence-corrected chi connectivity index (χ4v) is 5.70. The number of likely N-dealkylation sites (N-methyl/N-ethyl adjacent to an activating group) is 1. The van der Waals surface area contributed by atoms with E-state index in [9.17, 15) is 5.11 Å². The van der Waals surface area contributed by atoms with Gasteiger partial charge in [0.05, 0.1) is 6.10 Å². The van der Waals surface area contributed by atoms with E-state index >= 15 is 0 Å². The predicted molar refractivity (Wildman–Crippen MR) is 147 cm³/mol. The first-order chi connectivity index (χ1) is 17.5. The number of benzene rings is 1. The van der Waals surface area contributed by atoms with Crippen LogP contribution in [0.3, 0.4) is 0 Å². The molecule has 2 fully saturated rings. The number of hydrogen-bond acceptors (Lipinski definition) is 6. The van der Waals surface area contributed by atoms with Crippen molar-refractivity contribution in [3.05, 3.63) is 42.2 Å². The van der Waals surface area contributed by atoms with Crippen LogP contribution in [0.15, 0.2) is 36.7 Å². The van der Waals surface area contributed by atoms with Crippen molar-refractivity contribution in [3.63, 3.8) is 0 Å². The van der Waals surface area contributed by atoms with Gasteiger partial charge < -0.3 is 19.9 Å². The quantitative estimate of drug-likeness (QED) is 0.429. The summed E-state index contributed by atoms with van der Waals surface area (Å²) in [5.74, 6) is 0.703. The first-order valence-corrected chi connectivity index (χ1v) is 13.9. The largest absolute Gasteiger partial charge is 0.393 e. The molecule has 7 nitrogen and oxygen atoms in total. The summed E-state index contributed by atoms with van der Waals surface area (Å²) in [6.07, 6.45) is 10.0. The third-order valence-electron chi connectivity index (χ3n) is 8.23. The molecule has 0 unspecified atom stereocenters. The van der Waals surface area contributed by atoms with Gasteiger partial charge in [0.25, 0.3) is 0 Å². The van der Waals surface area contributed by atoms with Gasteiger partial charge in [-0.1, -0.05) is 37.6 Å². The molecule has 1 saturated carbocycles. The smallest absolute Gasteiger partial charge is 0.224 e. The van der Waals surface area contributed by atoms with Crippen LogP contribution in [0, 0.1) is 0 Å². The number of aromatic nitrogens is 3. The molecule has 0 radical (unpaired) electrons. The van der Waals surface area contributed by atoms with Crippen molar-refractivity contribution in [2.24, 2.45) is 0 Å². The zero-order valence-corrected chi connectivity index (χ0v) is 22.2. The average molecular weight is 491 g/mol. The number of anilines is 1. The Morgan fingerprint density at radius 1 is 1.06 bits per heavy atom. The molecule has 2 aliphatic rings. The van der Waals surface area contributed by atoms with E-state index in [4.69, 9.17) is 4.98 Å². The van der Waals surface area contributed by atoms with Gasteiger partial charge in [0.15, 0.2) is 0 Å². The van der Waals surface area contributed by atoms with Crippen LogP contribution in [-0.2, 0) is 0 Å². The summed E-state index contributed by atoms with van der Waals surface area (Å²) in [7, 11) is 2.21. The Labute approximate surface area is 215 Å². The number of piperazine rings is 1. The second-order valence-corrected chi connectivity index (χ2v) is 10.8. The Balaban J connectivity index is 1.43. The highest BCUT2D eigenvalue weighted by Crippen LogP contribution is 2.37. The van der Waals surface area contributed by atoms with E-state index in [2.05, 4.69) is 76.0 Å². The Morgan fingerprint density at radius 3 is 2.47 bits per heavy atom. The zero-order chi connectivity index (χ0) is 25.1. The van der Waals surface area contributed by atoms with Gasteiger partial charge in [-0.3, -0.25) is 4.90 Å². The molecule has 3 heterocycles. The highest BCUT2D eigenvalue weighted by molar-refractivity contribution is 5.94. The Kier molecular flexibility index (Phi) is 7.89. The van der Waals surface area contributed by atoms with E-state index in [-0.39, 0.29) is 6.10 Å². The molecule has 1 atom stereocenters. The van der Waals surface area contributed by atoms with Gasteiger partial charge >= 0.3 is 0 Å². The number of aliphatic hydroxyl groups excluding tert-OH is 1. The van der Waals surface area contributed by atoms with Crippen LogP contribution in [-0.4, -0.2) is 75.3 Å². The van der Waals surface area contributed by atoms with Crippen molar-refractivity contribution in [2.45, 2.75) is 70.6 Å². The summed E-state index contributed by atoms with van der Waals surface area (Å²) >= 11 is 0. The van der Waals surface area contributed by atoms with Crippen LogP contribution in [0.25, 0.3) is 22.2 Å². The van der Waals surface area contributed by atoms with Crippen LogP contribution in [0.1, 0.15) is 70.0 Å². The van der Waals surface area contributed by atoms with Gasteiger partial charge in [-0.15, -0.1) is 0 Å². The lowest BCUT2D eigenvalue weighted by atomic mass is 9.93. The molecule has 0 amide bonds. The number of nitrogens with one attached hydrogen (secondary N) is 1. The number of rotatable bonds is 8. The maximum absolute atomic E-state index is 10.1. The van der Waals surface area contributed by atoms with Gasteiger partial charge in [-0.05, 0) is 57.2 Å². The van der Waals surface area contributed by atoms with Crippen molar-refractivity contribution in [1.29, 1.82) is 0 Å². The van der Waals surface area contributed by atoms with E-state index in [1.54, 1.807) is 0 Å². The van der Waals surface area contributed by atoms with Crippen molar-refractivity contribution >= 4 is 17.0 Å². The lowest BCUT2D eigenvalue weighted by molar-refractivity contribution is 0.111. The molecule has 7 heteroatoms. The first kappa shape index (κ1) is 25.2. The lowest BCUT2D eigenvalue weighted by Crippen LogP contribution is -2.45. The monoisotopic (exact) mass is 490 g/mol. The van der Waals surface area contributed by atoms with Gasteiger partial charge in [-0.25, -0.2) is 4.98 Å².